The van der Waals surface area contributed by atoms with Crippen molar-refractivity contribution < 1.29 is 27.5 Å². The number of nitrogens with zero attached hydrogens (tertiary/aromatic N) is 2. The van der Waals surface area contributed by atoms with Gasteiger partial charge in [0.1, 0.15) is 11.8 Å². The van der Waals surface area contributed by atoms with Crippen molar-refractivity contribution in [3.8, 4) is 5.75 Å². The minimum atomic E-state index is -4.80. The quantitative estimate of drug-likeness (QED) is 0.886. The first-order chi connectivity index (χ1) is 11.9. The summed E-state index contributed by atoms with van der Waals surface area (Å²) in [5, 5.41) is 2.78. The van der Waals surface area contributed by atoms with Crippen molar-refractivity contribution >= 4 is 17.6 Å². The zero-order chi connectivity index (χ0) is 19.7. The summed E-state index contributed by atoms with van der Waals surface area (Å²) in [6, 6.07) is 4.17. The van der Waals surface area contributed by atoms with Gasteiger partial charge in [-0.05, 0) is 39.3 Å². The predicted molar refractivity (Wildman–Crippen MR) is 89.9 cm³/mol. The average Bonchev–Trinajstić information content (AvgIpc) is 2.85. The Morgan fingerprint density at radius 3 is 2.54 bits per heavy atom. The Bertz CT molecular complexity index is 686. The molecule has 1 N–H and O–H groups in total. The number of urea groups is 1. The molecular formula is C17H22F3N3O3. The summed E-state index contributed by atoms with van der Waals surface area (Å²) in [6.07, 6.45) is -4.42. The number of carbonyl (C=O) groups is 2. The van der Waals surface area contributed by atoms with E-state index in [1.165, 1.54) is 29.0 Å². The molecular weight excluding hydrogens is 351 g/mol. The average molecular weight is 373 g/mol. The highest BCUT2D eigenvalue weighted by atomic mass is 19.4. The molecule has 1 aliphatic heterocycles. The molecule has 0 aromatic heterocycles. The van der Waals surface area contributed by atoms with E-state index in [0.29, 0.717) is 18.7 Å². The minimum absolute atomic E-state index is 0.295. The fourth-order valence-electron chi connectivity index (χ4n) is 2.68. The van der Waals surface area contributed by atoms with Crippen molar-refractivity contribution in [2.75, 3.05) is 18.5 Å². The first-order valence-corrected chi connectivity index (χ1v) is 8.09. The van der Waals surface area contributed by atoms with Gasteiger partial charge in [0.25, 0.3) is 0 Å². The fraction of sp³-hybridized carbons (Fsp3) is 0.529. The number of anilines is 1. The van der Waals surface area contributed by atoms with E-state index in [9.17, 15) is 22.8 Å². The molecule has 1 heterocycles. The minimum Gasteiger partial charge on any atom is -0.406 e. The number of hydrogen-bond acceptors (Lipinski definition) is 3. The highest BCUT2D eigenvalue weighted by Crippen LogP contribution is 2.30. The molecule has 3 amide bonds. The van der Waals surface area contributed by atoms with Gasteiger partial charge in [0, 0.05) is 30.9 Å². The van der Waals surface area contributed by atoms with Crippen molar-refractivity contribution in [3.05, 3.63) is 24.3 Å². The van der Waals surface area contributed by atoms with Crippen LogP contribution in [0.1, 0.15) is 27.2 Å². The number of carbonyl (C=O) groups excluding carboxylic acids is 2. The second-order valence-corrected chi connectivity index (χ2v) is 7.13. The number of hydrogen-bond donors (Lipinski definition) is 1. The maximum atomic E-state index is 12.7. The van der Waals surface area contributed by atoms with E-state index >= 15 is 0 Å². The van der Waals surface area contributed by atoms with Crippen LogP contribution in [-0.4, -0.2) is 48.4 Å². The van der Waals surface area contributed by atoms with Gasteiger partial charge in [-0.3, -0.25) is 4.79 Å². The summed E-state index contributed by atoms with van der Waals surface area (Å²) in [5.41, 5.74) is -0.153. The van der Waals surface area contributed by atoms with Crippen molar-refractivity contribution in [2.24, 2.45) is 0 Å². The van der Waals surface area contributed by atoms with Crippen molar-refractivity contribution in [2.45, 2.75) is 45.1 Å². The van der Waals surface area contributed by atoms with Crippen LogP contribution in [0.4, 0.5) is 23.7 Å². The van der Waals surface area contributed by atoms with Crippen LogP contribution in [0.15, 0.2) is 24.3 Å². The Morgan fingerprint density at radius 2 is 1.96 bits per heavy atom. The van der Waals surface area contributed by atoms with Crippen molar-refractivity contribution in [3.63, 3.8) is 0 Å². The molecule has 1 aromatic carbocycles. The first kappa shape index (κ1) is 19.9. The third-order valence-electron chi connectivity index (χ3n) is 3.81. The summed E-state index contributed by atoms with van der Waals surface area (Å²) in [4.78, 5) is 27.6. The van der Waals surface area contributed by atoms with E-state index in [2.05, 4.69) is 10.1 Å². The van der Waals surface area contributed by atoms with Gasteiger partial charge in [0.15, 0.2) is 0 Å². The van der Waals surface area contributed by atoms with Gasteiger partial charge >= 0.3 is 12.4 Å². The van der Waals surface area contributed by atoms with Gasteiger partial charge in [-0.1, -0.05) is 6.07 Å². The molecule has 1 aromatic rings. The summed E-state index contributed by atoms with van der Waals surface area (Å²) >= 11 is 0. The lowest BCUT2D eigenvalue weighted by Crippen LogP contribution is -2.52. The van der Waals surface area contributed by atoms with Crippen molar-refractivity contribution in [1.29, 1.82) is 0 Å². The fourth-order valence-corrected chi connectivity index (χ4v) is 2.68. The second kappa shape index (κ2) is 7.05. The number of rotatable bonds is 3. The highest BCUT2D eigenvalue weighted by molar-refractivity contribution is 6.01. The molecule has 0 aliphatic carbocycles. The summed E-state index contributed by atoms with van der Waals surface area (Å²) in [7, 11) is 1.52. The van der Waals surface area contributed by atoms with Gasteiger partial charge in [-0.25, -0.2) is 4.79 Å². The summed E-state index contributed by atoms with van der Waals surface area (Å²) in [6.45, 7) is 5.78. The van der Waals surface area contributed by atoms with Gasteiger partial charge in [0.05, 0.1) is 0 Å². The number of amides is 3. The van der Waals surface area contributed by atoms with E-state index in [1.807, 2.05) is 20.8 Å². The molecule has 0 unspecified atom stereocenters. The van der Waals surface area contributed by atoms with Crippen LogP contribution in [0.25, 0.3) is 0 Å². The molecule has 0 radical (unpaired) electrons. The van der Waals surface area contributed by atoms with Gasteiger partial charge in [-0.15, -0.1) is 13.2 Å². The molecule has 0 bridgehead atoms. The van der Waals surface area contributed by atoms with Crippen LogP contribution in [0.3, 0.4) is 0 Å². The number of nitrogens with one attached hydrogen (secondary N) is 1. The zero-order valence-corrected chi connectivity index (χ0v) is 15.1. The maximum absolute atomic E-state index is 12.7. The Hall–Kier alpha value is -2.45. The number of alkyl halides is 3. The standard InChI is InChI=1S/C17H22F3N3O3/c1-16(2,3)21-15(25)22(4)13-8-9-23(14(13)24)11-6-5-7-12(10-11)26-17(18,19)20/h5-7,10,13H,8-9H2,1-4H3,(H,21,25)/t13-/m0/s1. The maximum Gasteiger partial charge on any atom is 0.573 e. The number of ether oxygens (including phenoxy) is 1. The van der Waals surface area contributed by atoms with Crippen LogP contribution in [0.2, 0.25) is 0 Å². The molecule has 6 nitrogen and oxygen atoms in total. The van der Waals surface area contributed by atoms with Gasteiger partial charge in [0.2, 0.25) is 5.91 Å². The smallest absolute Gasteiger partial charge is 0.406 e. The molecule has 1 saturated heterocycles. The molecule has 0 saturated carbocycles. The Labute approximate surface area is 149 Å². The van der Waals surface area contributed by atoms with Crippen LogP contribution in [-0.2, 0) is 4.79 Å². The van der Waals surface area contributed by atoms with Crippen molar-refractivity contribution in [1.82, 2.24) is 10.2 Å². The molecule has 0 spiro atoms. The molecule has 26 heavy (non-hydrogen) atoms. The van der Waals surface area contributed by atoms with Crippen LogP contribution < -0.4 is 15.0 Å². The predicted octanol–water partition coefficient (Wildman–Crippen LogP) is 3.13. The topological polar surface area (TPSA) is 61.9 Å². The van der Waals surface area contributed by atoms with E-state index in [1.54, 1.807) is 0 Å². The number of benzene rings is 1. The number of likely N-dealkylation sites (N-methyl/N-ethyl adjacent to an activating group) is 1. The highest BCUT2D eigenvalue weighted by Gasteiger charge is 2.38. The van der Waals surface area contributed by atoms with Crippen LogP contribution >= 0.6 is 0 Å². The molecule has 9 heteroatoms. The monoisotopic (exact) mass is 373 g/mol. The molecule has 1 atom stereocenters. The van der Waals surface area contributed by atoms with E-state index < -0.39 is 23.7 Å². The lowest BCUT2D eigenvalue weighted by Gasteiger charge is -2.29. The lowest BCUT2D eigenvalue weighted by molar-refractivity contribution is -0.274. The summed E-state index contributed by atoms with van der Waals surface area (Å²) in [5.74, 6) is -0.745. The van der Waals surface area contributed by atoms with E-state index in [0.717, 1.165) is 12.1 Å². The van der Waals surface area contributed by atoms with E-state index in [4.69, 9.17) is 0 Å². The molecule has 2 rings (SSSR count). The number of halogens is 3. The lowest BCUT2D eigenvalue weighted by atomic mass is 10.1. The largest absolute Gasteiger partial charge is 0.573 e. The Morgan fingerprint density at radius 1 is 1.31 bits per heavy atom. The normalized spacial score (nSPS) is 18.0. The van der Waals surface area contributed by atoms with Gasteiger partial charge < -0.3 is 19.9 Å². The van der Waals surface area contributed by atoms with Crippen LogP contribution in [0, 0.1) is 0 Å². The van der Waals surface area contributed by atoms with Gasteiger partial charge in [-0.2, -0.15) is 0 Å². The third kappa shape index (κ3) is 5.03. The Balaban J connectivity index is 2.11. The molecule has 1 fully saturated rings. The third-order valence-corrected chi connectivity index (χ3v) is 3.81. The first-order valence-electron chi connectivity index (χ1n) is 8.09. The SMILES string of the molecule is CN(C(=O)NC(C)(C)C)[C@H]1CCN(c2cccc(OC(F)(F)F)c2)C1=O. The zero-order valence-electron chi connectivity index (χ0n) is 15.1. The van der Waals surface area contributed by atoms with E-state index in [-0.39, 0.29) is 11.9 Å². The molecule has 1 aliphatic rings. The molecule has 144 valence electrons. The Kier molecular flexibility index (Phi) is 5.39. The summed E-state index contributed by atoms with van der Waals surface area (Å²) < 4.78 is 41.0. The second-order valence-electron chi connectivity index (χ2n) is 7.13. The van der Waals surface area contributed by atoms with Crippen LogP contribution in [0.5, 0.6) is 5.75 Å².